The van der Waals surface area contributed by atoms with Crippen LogP contribution in [0.25, 0.3) is 0 Å². The van der Waals surface area contributed by atoms with Crippen LogP contribution in [0, 0.1) is 17.6 Å². The van der Waals surface area contributed by atoms with E-state index in [-0.39, 0.29) is 12.5 Å². The van der Waals surface area contributed by atoms with E-state index in [4.69, 9.17) is 16.7 Å². The number of rotatable bonds is 4. The van der Waals surface area contributed by atoms with E-state index in [2.05, 4.69) is 4.72 Å². The smallest absolute Gasteiger partial charge is 0.245 e. The predicted octanol–water partition coefficient (Wildman–Crippen LogP) is 1.83. The van der Waals surface area contributed by atoms with E-state index in [1.165, 1.54) is 0 Å². The Morgan fingerprint density at radius 2 is 2.05 bits per heavy atom. The van der Waals surface area contributed by atoms with Crippen molar-refractivity contribution in [3.63, 3.8) is 0 Å². The van der Waals surface area contributed by atoms with Gasteiger partial charge < -0.3 is 5.11 Å². The van der Waals surface area contributed by atoms with Gasteiger partial charge in [-0.05, 0) is 18.6 Å². The van der Waals surface area contributed by atoms with E-state index in [1.54, 1.807) is 12.2 Å². The van der Waals surface area contributed by atoms with Gasteiger partial charge in [-0.3, -0.25) is 0 Å². The number of aliphatic hydroxyl groups excluding tert-OH is 1. The van der Waals surface area contributed by atoms with Crippen molar-refractivity contribution < 1.29 is 22.3 Å². The third-order valence-electron chi connectivity index (χ3n) is 2.98. The maximum atomic E-state index is 13.6. The highest BCUT2D eigenvalue weighted by Gasteiger charge is 2.29. The minimum absolute atomic E-state index is 0.107. The van der Waals surface area contributed by atoms with Gasteiger partial charge in [-0.2, -0.15) is 0 Å². The second kappa shape index (κ2) is 5.77. The first-order valence-electron chi connectivity index (χ1n) is 5.80. The molecule has 2 N–H and O–H groups in total. The van der Waals surface area contributed by atoms with Crippen molar-refractivity contribution in [2.45, 2.75) is 17.4 Å². The maximum absolute atomic E-state index is 13.6. The van der Waals surface area contributed by atoms with E-state index in [0.717, 1.165) is 12.1 Å². The van der Waals surface area contributed by atoms with Crippen LogP contribution in [-0.4, -0.2) is 26.2 Å². The van der Waals surface area contributed by atoms with Crippen LogP contribution in [0.15, 0.2) is 29.2 Å². The monoisotopic (exact) mass is 323 g/mol. The predicted molar refractivity (Wildman–Crippen MR) is 69.8 cm³/mol. The van der Waals surface area contributed by atoms with Crippen molar-refractivity contribution in [3.8, 4) is 0 Å². The molecule has 0 saturated heterocycles. The Morgan fingerprint density at radius 1 is 1.35 bits per heavy atom. The van der Waals surface area contributed by atoms with Gasteiger partial charge in [0.05, 0.1) is 5.02 Å². The largest absolute Gasteiger partial charge is 0.396 e. The van der Waals surface area contributed by atoms with E-state index >= 15 is 0 Å². The SMILES string of the molecule is O=S(=O)(N[C@@H]1C=C[C@H](CO)C1)c1c(Cl)ccc(F)c1F. The minimum atomic E-state index is -4.29. The van der Waals surface area contributed by atoms with E-state index < -0.39 is 37.6 Å². The van der Waals surface area contributed by atoms with Crippen LogP contribution in [0.5, 0.6) is 0 Å². The van der Waals surface area contributed by atoms with Crippen LogP contribution in [0.3, 0.4) is 0 Å². The molecular formula is C12H12ClF2NO3S. The highest BCUT2D eigenvalue weighted by atomic mass is 35.5. The Balaban J connectivity index is 2.29. The summed E-state index contributed by atoms with van der Waals surface area (Å²) in [5, 5.41) is 8.57. The molecule has 4 nitrogen and oxygen atoms in total. The van der Waals surface area contributed by atoms with Crippen molar-refractivity contribution >= 4 is 21.6 Å². The maximum Gasteiger partial charge on any atom is 0.245 e. The Hall–Kier alpha value is -1.02. The lowest BCUT2D eigenvalue weighted by atomic mass is 10.1. The third kappa shape index (κ3) is 3.01. The van der Waals surface area contributed by atoms with E-state index in [1.807, 2.05) is 0 Å². The first kappa shape index (κ1) is 15.4. The van der Waals surface area contributed by atoms with Crippen LogP contribution in [-0.2, 0) is 10.0 Å². The zero-order chi connectivity index (χ0) is 14.9. The molecule has 0 spiro atoms. The number of aliphatic hydroxyl groups is 1. The Kier molecular flexibility index (Phi) is 4.43. The second-order valence-corrected chi connectivity index (χ2v) is 6.52. The van der Waals surface area contributed by atoms with Crippen molar-refractivity contribution in [1.29, 1.82) is 0 Å². The highest BCUT2D eigenvalue weighted by Crippen LogP contribution is 2.27. The van der Waals surface area contributed by atoms with E-state index in [0.29, 0.717) is 6.42 Å². The van der Waals surface area contributed by atoms with Crippen molar-refractivity contribution in [3.05, 3.63) is 40.9 Å². The number of benzene rings is 1. The molecule has 2 atom stereocenters. The molecule has 0 bridgehead atoms. The molecule has 1 aliphatic carbocycles. The lowest BCUT2D eigenvalue weighted by Gasteiger charge is -2.14. The second-order valence-electron chi connectivity index (χ2n) is 4.46. The van der Waals surface area contributed by atoms with Gasteiger partial charge >= 0.3 is 0 Å². The first-order chi connectivity index (χ1) is 9.35. The molecule has 0 heterocycles. The summed E-state index contributed by atoms with van der Waals surface area (Å²) >= 11 is 5.64. The number of sulfonamides is 1. The molecule has 20 heavy (non-hydrogen) atoms. The molecular weight excluding hydrogens is 312 g/mol. The molecule has 0 amide bonds. The van der Waals surface area contributed by atoms with Crippen LogP contribution in [0.2, 0.25) is 5.02 Å². The van der Waals surface area contributed by atoms with Crippen molar-refractivity contribution in [2.75, 3.05) is 6.61 Å². The van der Waals surface area contributed by atoms with Gasteiger partial charge in [0.2, 0.25) is 10.0 Å². The number of hydrogen-bond donors (Lipinski definition) is 2. The zero-order valence-corrected chi connectivity index (χ0v) is 11.8. The zero-order valence-electron chi connectivity index (χ0n) is 10.2. The third-order valence-corrected chi connectivity index (χ3v) is 4.96. The summed E-state index contributed by atoms with van der Waals surface area (Å²) in [4.78, 5) is -0.903. The number of nitrogens with one attached hydrogen (secondary N) is 1. The number of hydrogen-bond acceptors (Lipinski definition) is 3. The van der Waals surface area contributed by atoms with Gasteiger partial charge in [0.15, 0.2) is 11.6 Å². The fourth-order valence-corrected chi connectivity index (χ4v) is 3.81. The Morgan fingerprint density at radius 3 is 2.65 bits per heavy atom. The average Bonchev–Trinajstić information content (AvgIpc) is 2.81. The molecule has 0 radical (unpaired) electrons. The fraction of sp³-hybridized carbons (Fsp3) is 0.333. The standard InChI is InChI=1S/C12H12ClF2NO3S/c13-9-3-4-10(14)11(15)12(9)20(18,19)16-8-2-1-7(5-8)6-17/h1-4,7-8,16-17H,5-6H2/t7-,8+/m0/s1. The minimum Gasteiger partial charge on any atom is -0.396 e. The van der Waals surface area contributed by atoms with Gasteiger partial charge in [0.1, 0.15) is 4.90 Å². The van der Waals surface area contributed by atoms with Gasteiger partial charge in [-0.1, -0.05) is 23.8 Å². The molecule has 1 aliphatic rings. The lowest BCUT2D eigenvalue weighted by molar-refractivity contribution is 0.248. The summed E-state index contributed by atoms with van der Waals surface area (Å²) in [6.07, 6.45) is 3.57. The lowest BCUT2D eigenvalue weighted by Crippen LogP contribution is -2.33. The highest BCUT2D eigenvalue weighted by molar-refractivity contribution is 7.89. The Labute approximate surface area is 120 Å². The summed E-state index contributed by atoms with van der Waals surface area (Å²) in [6.45, 7) is -0.107. The summed E-state index contributed by atoms with van der Waals surface area (Å²) in [7, 11) is -4.29. The first-order valence-corrected chi connectivity index (χ1v) is 7.66. The summed E-state index contributed by atoms with van der Waals surface area (Å²) in [6, 6.07) is 1.15. The van der Waals surface area contributed by atoms with E-state index in [9.17, 15) is 17.2 Å². The van der Waals surface area contributed by atoms with Crippen LogP contribution >= 0.6 is 11.6 Å². The van der Waals surface area contributed by atoms with Gasteiger partial charge in [0.25, 0.3) is 0 Å². The molecule has 1 aromatic carbocycles. The fourth-order valence-electron chi connectivity index (χ4n) is 2.01. The summed E-state index contributed by atoms with van der Waals surface area (Å²) in [5.41, 5.74) is 0. The number of halogens is 3. The molecule has 0 aromatic heterocycles. The molecule has 8 heteroatoms. The molecule has 0 fully saturated rings. The molecule has 110 valence electrons. The summed E-state index contributed by atoms with van der Waals surface area (Å²) < 4.78 is 53.2. The molecule has 1 aromatic rings. The van der Waals surface area contributed by atoms with Gasteiger partial charge in [0, 0.05) is 18.6 Å². The van der Waals surface area contributed by atoms with Crippen molar-refractivity contribution in [1.82, 2.24) is 4.72 Å². The van der Waals surface area contributed by atoms with Crippen molar-refractivity contribution in [2.24, 2.45) is 5.92 Å². The molecule has 0 aliphatic heterocycles. The van der Waals surface area contributed by atoms with Crippen LogP contribution in [0.1, 0.15) is 6.42 Å². The average molecular weight is 324 g/mol. The van der Waals surface area contributed by atoms with Gasteiger partial charge in [-0.25, -0.2) is 21.9 Å². The molecule has 0 saturated carbocycles. The molecule has 2 rings (SSSR count). The molecule has 0 unspecified atom stereocenters. The topological polar surface area (TPSA) is 66.4 Å². The van der Waals surface area contributed by atoms with Crippen LogP contribution < -0.4 is 4.72 Å². The normalized spacial score (nSPS) is 22.4. The van der Waals surface area contributed by atoms with Crippen LogP contribution in [0.4, 0.5) is 8.78 Å². The van der Waals surface area contributed by atoms with Gasteiger partial charge in [-0.15, -0.1) is 0 Å². The quantitative estimate of drug-likeness (QED) is 0.656. The summed E-state index contributed by atoms with van der Waals surface area (Å²) in [5.74, 6) is -2.95. The Bertz CT molecular complexity index is 648.